The molecule has 5 nitrogen and oxygen atoms in total. The smallest absolute Gasteiger partial charge is 0.231 e. The minimum atomic E-state index is -0.414. The first kappa shape index (κ1) is 13.1. The van der Waals surface area contributed by atoms with Crippen LogP contribution in [0.4, 0.5) is 0 Å². The minimum absolute atomic E-state index is 0.0650. The van der Waals surface area contributed by atoms with Crippen molar-refractivity contribution in [2.45, 2.75) is 24.8 Å². The SMILES string of the molecule is O=C(NCc1cccnc1)C1(c2ccc3c(c2)OCO3)CC1. The van der Waals surface area contributed by atoms with Crippen LogP contribution in [0.2, 0.25) is 0 Å². The molecule has 0 unspecified atom stereocenters. The second kappa shape index (κ2) is 5.02. The fourth-order valence-corrected chi connectivity index (χ4v) is 2.82. The fourth-order valence-electron chi connectivity index (χ4n) is 2.82. The van der Waals surface area contributed by atoms with Crippen molar-refractivity contribution < 1.29 is 14.3 Å². The third kappa shape index (κ3) is 2.19. The molecule has 1 aliphatic carbocycles. The van der Waals surface area contributed by atoms with Gasteiger partial charge in [0.1, 0.15) is 0 Å². The van der Waals surface area contributed by atoms with Crippen LogP contribution in [-0.2, 0) is 16.8 Å². The van der Waals surface area contributed by atoms with Crippen molar-refractivity contribution in [1.82, 2.24) is 10.3 Å². The maximum absolute atomic E-state index is 12.6. The van der Waals surface area contributed by atoms with Gasteiger partial charge in [0, 0.05) is 18.9 Å². The first-order valence-electron chi connectivity index (χ1n) is 7.35. The molecule has 1 N–H and O–H groups in total. The molecule has 1 aromatic heterocycles. The molecule has 1 aromatic carbocycles. The van der Waals surface area contributed by atoms with Gasteiger partial charge in [-0.25, -0.2) is 0 Å². The second-order valence-corrected chi connectivity index (χ2v) is 5.69. The summed E-state index contributed by atoms with van der Waals surface area (Å²) in [5, 5.41) is 3.02. The highest BCUT2D eigenvalue weighted by molar-refractivity contribution is 5.91. The highest BCUT2D eigenvalue weighted by Gasteiger charge is 2.51. The molecule has 2 aromatic rings. The summed E-state index contributed by atoms with van der Waals surface area (Å²) in [6, 6.07) is 9.59. The zero-order chi connectivity index (χ0) is 15.0. The lowest BCUT2D eigenvalue weighted by Crippen LogP contribution is -2.34. The van der Waals surface area contributed by atoms with Crippen LogP contribution in [0.5, 0.6) is 11.5 Å². The summed E-state index contributed by atoms with van der Waals surface area (Å²) in [6.07, 6.45) is 5.22. The van der Waals surface area contributed by atoms with Crippen molar-refractivity contribution in [1.29, 1.82) is 0 Å². The van der Waals surface area contributed by atoms with Gasteiger partial charge in [-0.3, -0.25) is 9.78 Å². The predicted octanol–water partition coefficient (Wildman–Crippen LogP) is 2.16. The molecular weight excluding hydrogens is 280 g/mol. The molecule has 112 valence electrons. The molecule has 5 heteroatoms. The number of rotatable bonds is 4. The lowest BCUT2D eigenvalue weighted by Gasteiger charge is -2.16. The third-order valence-corrected chi connectivity index (χ3v) is 4.29. The van der Waals surface area contributed by atoms with E-state index in [9.17, 15) is 4.79 Å². The van der Waals surface area contributed by atoms with Gasteiger partial charge in [0.05, 0.1) is 5.41 Å². The summed E-state index contributed by atoms with van der Waals surface area (Å²) < 4.78 is 10.7. The van der Waals surface area contributed by atoms with Gasteiger partial charge < -0.3 is 14.8 Å². The largest absolute Gasteiger partial charge is 0.454 e. The lowest BCUT2D eigenvalue weighted by atomic mass is 9.94. The molecule has 2 aliphatic rings. The van der Waals surface area contributed by atoms with Gasteiger partial charge in [-0.15, -0.1) is 0 Å². The number of carbonyl (C=O) groups is 1. The molecular formula is C17H16N2O3. The molecule has 0 radical (unpaired) electrons. The monoisotopic (exact) mass is 296 g/mol. The van der Waals surface area contributed by atoms with Crippen LogP contribution in [0, 0.1) is 0 Å². The van der Waals surface area contributed by atoms with E-state index < -0.39 is 5.41 Å². The number of amides is 1. The molecule has 1 fully saturated rings. The van der Waals surface area contributed by atoms with E-state index in [0.29, 0.717) is 6.54 Å². The van der Waals surface area contributed by atoms with Gasteiger partial charge >= 0.3 is 0 Å². The molecule has 0 saturated heterocycles. The van der Waals surface area contributed by atoms with E-state index >= 15 is 0 Å². The Hall–Kier alpha value is -2.56. The Labute approximate surface area is 128 Å². The van der Waals surface area contributed by atoms with E-state index in [4.69, 9.17) is 9.47 Å². The van der Waals surface area contributed by atoms with Gasteiger partial charge in [0.15, 0.2) is 11.5 Å². The quantitative estimate of drug-likeness (QED) is 0.939. The number of ether oxygens (including phenoxy) is 2. The Morgan fingerprint density at radius 2 is 2.09 bits per heavy atom. The Bertz CT molecular complexity index is 711. The molecule has 2 heterocycles. The summed E-state index contributed by atoms with van der Waals surface area (Å²) in [5.41, 5.74) is 1.58. The maximum atomic E-state index is 12.6. The number of nitrogens with one attached hydrogen (secondary N) is 1. The van der Waals surface area contributed by atoms with Crippen LogP contribution < -0.4 is 14.8 Å². The van der Waals surface area contributed by atoms with Crippen LogP contribution in [0.15, 0.2) is 42.7 Å². The topological polar surface area (TPSA) is 60.5 Å². The lowest BCUT2D eigenvalue weighted by molar-refractivity contribution is -0.123. The highest BCUT2D eigenvalue weighted by Crippen LogP contribution is 2.50. The van der Waals surface area contributed by atoms with Gasteiger partial charge in [-0.1, -0.05) is 12.1 Å². The zero-order valence-corrected chi connectivity index (χ0v) is 12.0. The third-order valence-electron chi connectivity index (χ3n) is 4.29. The van der Waals surface area contributed by atoms with Crippen molar-refractivity contribution in [3.8, 4) is 11.5 Å². The number of fused-ring (bicyclic) bond motifs is 1. The molecule has 0 bridgehead atoms. The number of carbonyl (C=O) groups excluding carboxylic acids is 1. The highest BCUT2D eigenvalue weighted by atomic mass is 16.7. The number of hydrogen-bond donors (Lipinski definition) is 1. The first-order valence-corrected chi connectivity index (χ1v) is 7.35. The van der Waals surface area contributed by atoms with Crippen LogP contribution in [0.1, 0.15) is 24.0 Å². The van der Waals surface area contributed by atoms with Crippen molar-refractivity contribution in [3.05, 3.63) is 53.9 Å². The van der Waals surface area contributed by atoms with Crippen molar-refractivity contribution in [2.24, 2.45) is 0 Å². The molecule has 0 spiro atoms. The van der Waals surface area contributed by atoms with E-state index in [1.54, 1.807) is 12.4 Å². The predicted molar refractivity (Wildman–Crippen MR) is 79.6 cm³/mol. The molecule has 22 heavy (non-hydrogen) atoms. The fraction of sp³-hybridized carbons (Fsp3) is 0.294. The van der Waals surface area contributed by atoms with Crippen molar-refractivity contribution >= 4 is 5.91 Å². The normalized spacial score (nSPS) is 17.1. The van der Waals surface area contributed by atoms with E-state index in [0.717, 1.165) is 35.5 Å². The van der Waals surface area contributed by atoms with Crippen LogP contribution in [-0.4, -0.2) is 17.7 Å². The minimum Gasteiger partial charge on any atom is -0.454 e. The van der Waals surface area contributed by atoms with E-state index in [1.807, 2.05) is 30.3 Å². The van der Waals surface area contributed by atoms with E-state index in [1.165, 1.54) is 0 Å². The Balaban J connectivity index is 1.50. The summed E-state index contributed by atoms with van der Waals surface area (Å²) >= 11 is 0. The molecule has 1 aliphatic heterocycles. The molecule has 1 saturated carbocycles. The zero-order valence-electron chi connectivity index (χ0n) is 12.0. The van der Waals surface area contributed by atoms with Crippen LogP contribution in [0.3, 0.4) is 0 Å². The van der Waals surface area contributed by atoms with Crippen LogP contribution in [0.25, 0.3) is 0 Å². The molecule has 1 amide bonds. The average molecular weight is 296 g/mol. The number of nitrogens with zero attached hydrogens (tertiary/aromatic N) is 1. The van der Waals surface area contributed by atoms with Gasteiger partial charge in [0.25, 0.3) is 0 Å². The summed E-state index contributed by atoms with van der Waals surface area (Å²) in [7, 11) is 0. The van der Waals surface area contributed by atoms with E-state index in [2.05, 4.69) is 10.3 Å². The first-order chi connectivity index (χ1) is 10.8. The Kier molecular flexibility index (Phi) is 2.99. The number of benzene rings is 1. The van der Waals surface area contributed by atoms with Gasteiger partial charge in [-0.05, 0) is 42.2 Å². The number of pyridine rings is 1. The van der Waals surface area contributed by atoms with Crippen molar-refractivity contribution in [3.63, 3.8) is 0 Å². The summed E-state index contributed by atoms with van der Waals surface area (Å²) in [5.74, 6) is 1.54. The number of hydrogen-bond acceptors (Lipinski definition) is 4. The average Bonchev–Trinajstić information content (AvgIpc) is 3.25. The molecule has 4 rings (SSSR count). The second-order valence-electron chi connectivity index (χ2n) is 5.69. The van der Waals surface area contributed by atoms with Crippen molar-refractivity contribution in [2.75, 3.05) is 6.79 Å². The van der Waals surface area contributed by atoms with E-state index in [-0.39, 0.29) is 12.7 Å². The van der Waals surface area contributed by atoms with Gasteiger partial charge in [-0.2, -0.15) is 0 Å². The standard InChI is InChI=1S/C17H16N2O3/c20-16(19-10-12-2-1-7-18-9-12)17(5-6-17)13-3-4-14-15(8-13)22-11-21-14/h1-4,7-9H,5-6,10-11H2,(H,19,20). The number of aromatic nitrogens is 1. The Morgan fingerprint density at radius 3 is 2.86 bits per heavy atom. The summed E-state index contributed by atoms with van der Waals surface area (Å²) in [6.45, 7) is 0.748. The maximum Gasteiger partial charge on any atom is 0.231 e. The summed E-state index contributed by atoms with van der Waals surface area (Å²) in [4.78, 5) is 16.7. The van der Waals surface area contributed by atoms with Gasteiger partial charge in [0.2, 0.25) is 12.7 Å². The Morgan fingerprint density at radius 1 is 1.23 bits per heavy atom. The molecule has 0 atom stereocenters. The van der Waals surface area contributed by atoms with Crippen LogP contribution >= 0.6 is 0 Å².